The topological polar surface area (TPSA) is 79.4 Å². The highest BCUT2D eigenvalue weighted by Crippen LogP contribution is 2.32. The molecule has 0 aliphatic carbocycles. The number of benzene rings is 2. The average molecular weight is 358 g/mol. The Morgan fingerprint density at radius 1 is 1.24 bits per heavy atom. The zero-order valence-corrected chi connectivity index (χ0v) is 14.1. The number of anilines is 1. The summed E-state index contributed by atoms with van der Waals surface area (Å²) in [5.41, 5.74) is 0.789. The van der Waals surface area contributed by atoms with Gasteiger partial charge in [-0.2, -0.15) is 5.26 Å². The molecule has 2 aromatic rings. The van der Waals surface area contributed by atoms with Crippen LogP contribution in [0, 0.1) is 21.4 Å². The second-order valence-corrected chi connectivity index (χ2v) is 6.21. The van der Waals surface area contributed by atoms with Crippen LogP contribution in [0.2, 0.25) is 5.02 Å². The fourth-order valence-corrected chi connectivity index (χ4v) is 3.12. The van der Waals surface area contributed by atoms with Gasteiger partial charge >= 0.3 is 0 Å². The van der Waals surface area contributed by atoms with Crippen LogP contribution in [-0.2, 0) is 0 Å². The molecule has 0 unspecified atom stereocenters. The number of rotatable bonds is 4. The van der Waals surface area contributed by atoms with Gasteiger partial charge in [0.05, 0.1) is 21.6 Å². The summed E-state index contributed by atoms with van der Waals surface area (Å²) in [7, 11) is 0. The van der Waals surface area contributed by atoms with Crippen LogP contribution in [0.15, 0.2) is 42.5 Å². The molecule has 0 saturated carbocycles. The van der Waals surface area contributed by atoms with E-state index in [1.165, 1.54) is 6.07 Å². The number of hydrogen-bond donors (Lipinski definition) is 0. The maximum Gasteiger partial charge on any atom is 0.293 e. The fraction of sp³-hybridized carbons (Fsp3) is 0.278. The maximum atomic E-state index is 11.3. The van der Waals surface area contributed by atoms with E-state index < -0.39 is 4.92 Å². The van der Waals surface area contributed by atoms with E-state index in [4.69, 9.17) is 21.6 Å². The first kappa shape index (κ1) is 17.1. The lowest BCUT2D eigenvalue weighted by Gasteiger charge is -2.33. The SMILES string of the molecule is N#Cc1ccc(N2CCC(Oc3ccccc3Cl)CC2)c([N+](=O)[O-])c1. The minimum atomic E-state index is -0.442. The first-order valence-electron chi connectivity index (χ1n) is 7.93. The molecule has 0 amide bonds. The summed E-state index contributed by atoms with van der Waals surface area (Å²) in [4.78, 5) is 12.8. The van der Waals surface area contributed by atoms with Gasteiger partial charge in [-0.05, 0) is 24.3 Å². The Labute approximate surface area is 150 Å². The van der Waals surface area contributed by atoms with Crippen molar-refractivity contribution in [1.29, 1.82) is 5.26 Å². The molecule has 1 fully saturated rings. The van der Waals surface area contributed by atoms with E-state index in [0.717, 1.165) is 12.8 Å². The molecule has 0 bridgehead atoms. The Morgan fingerprint density at radius 2 is 1.96 bits per heavy atom. The van der Waals surface area contributed by atoms with Crippen molar-refractivity contribution in [3.63, 3.8) is 0 Å². The van der Waals surface area contributed by atoms with Crippen LogP contribution in [0.25, 0.3) is 0 Å². The van der Waals surface area contributed by atoms with Crippen LogP contribution < -0.4 is 9.64 Å². The molecule has 1 aliphatic heterocycles. The van der Waals surface area contributed by atoms with E-state index in [2.05, 4.69) is 0 Å². The summed E-state index contributed by atoms with van der Waals surface area (Å²) in [5.74, 6) is 0.659. The van der Waals surface area contributed by atoms with E-state index in [1.807, 2.05) is 29.2 Å². The Balaban J connectivity index is 1.69. The minimum absolute atomic E-state index is 0.0218. The monoisotopic (exact) mass is 357 g/mol. The number of nitro groups is 1. The van der Waals surface area contributed by atoms with Crippen LogP contribution in [-0.4, -0.2) is 24.1 Å². The highest BCUT2D eigenvalue weighted by atomic mass is 35.5. The molecule has 0 N–H and O–H groups in total. The molecular formula is C18H16ClN3O3. The summed E-state index contributed by atoms with van der Waals surface area (Å²) in [5, 5.41) is 20.8. The van der Waals surface area contributed by atoms with Crippen LogP contribution in [0.3, 0.4) is 0 Å². The largest absolute Gasteiger partial charge is 0.489 e. The van der Waals surface area contributed by atoms with Gasteiger partial charge in [-0.15, -0.1) is 0 Å². The molecule has 0 atom stereocenters. The number of para-hydroxylation sites is 1. The van der Waals surface area contributed by atoms with Crippen molar-refractivity contribution in [3.8, 4) is 11.8 Å². The predicted octanol–water partition coefficient (Wildman–Crippen LogP) is 4.17. The van der Waals surface area contributed by atoms with Crippen molar-refractivity contribution < 1.29 is 9.66 Å². The Kier molecular flexibility index (Phi) is 5.05. The molecule has 0 spiro atoms. The molecule has 1 heterocycles. The number of ether oxygens (including phenoxy) is 1. The number of halogens is 1. The van der Waals surface area contributed by atoms with Crippen LogP contribution >= 0.6 is 11.6 Å². The summed E-state index contributed by atoms with van der Waals surface area (Å²) in [6.45, 7) is 1.28. The highest BCUT2D eigenvalue weighted by molar-refractivity contribution is 6.32. The van der Waals surface area contributed by atoms with Crippen molar-refractivity contribution in [2.45, 2.75) is 18.9 Å². The van der Waals surface area contributed by atoms with Gasteiger partial charge in [0.25, 0.3) is 5.69 Å². The van der Waals surface area contributed by atoms with E-state index in [1.54, 1.807) is 18.2 Å². The lowest BCUT2D eigenvalue weighted by atomic mass is 10.1. The smallest absolute Gasteiger partial charge is 0.293 e. The molecule has 25 heavy (non-hydrogen) atoms. The molecule has 0 aromatic heterocycles. The number of nitro benzene ring substituents is 1. The number of nitrogens with zero attached hydrogens (tertiary/aromatic N) is 3. The van der Waals surface area contributed by atoms with Crippen molar-refractivity contribution >= 4 is 23.0 Å². The van der Waals surface area contributed by atoms with Crippen LogP contribution in [0.5, 0.6) is 5.75 Å². The van der Waals surface area contributed by atoms with Gasteiger partial charge in [0.1, 0.15) is 17.5 Å². The number of nitriles is 1. The molecule has 1 aliphatic rings. The third-order valence-electron chi connectivity index (χ3n) is 4.21. The van der Waals surface area contributed by atoms with Crippen molar-refractivity contribution in [3.05, 3.63) is 63.2 Å². The zero-order valence-electron chi connectivity index (χ0n) is 13.4. The first-order valence-corrected chi connectivity index (χ1v) is 8.31. The van der Waals surface area contributed by atoms with Gasteiger partial charge in [0.2, 0.25) is 0 Å². The van der Waals surface area contributed by atoms with E-state index in [9.17, 15) is 10.1 Å². The van der Waals surface area contributed by atoms with Gasteiger partial charge in [0.15, 0.2) is 0 Å². The molecule has 7 heteroatoms. The lowest BCUT2D eigenvalue weighted by molar-refractivity contribution is -0.384. The molecule has 1 saturated heterocycles. The Hall–Kier alpha value is -2.78. The van der Waals surface area contributed by atoms with E-state index in [0.29, 0.717) is 29.5 Å². The quantitative estimate of drug-likeness (QED) is 0.606. The second-order valence-electron chi connectivity index (χ2n) is 5.81. The molecule has 0 radical (unpaired) electrons. The molecule has 128 valence electrons. The summed E-state index contributed by atoms with van der Waals surface area (Å²) < 4.78 is 5.95. The summed E-state index contributed by atoms with van der Waals surface area (Å²) in [6.07, 6.45) is 1.50. The highest BCUT2D eigenvalue weighted by Gasteiger charge is 2.26. The van der Waals surface area contributed by atoms with Crippen molar-refractivity contribution in [1.82, 2.24) is 0 Å². The lowest BCUT2D eigenvalue weighted by Crippen LogP contribution is -2.38. The van der Waals surface area contributed by atoms with Gasteiger partial charge in [-0.3, -0.25) is 10.1 Å². The first-order chi connectivity index (χ1) is 12.1. The third-order valence-corrected chi connectivity index (χ3v) is 4.53. The van der Waals surface area contributed by atoms with Gasteiger partial charge in [0, 0.05) is 32.0 Å². The zero-order chi connectivity index (χ0) is 17.8. The predicted molar refractivity (Wildman–Crippen MR) is 95.1 cm³/mol. The summed E-state index contributed by atoms with van der Waals surface area (Å²) in [6, 6.07) is 13.8. The molecular weight excluding hydrogens is 342 g/mol. The second kappa shape index (κ2) is 7.41. The summed E-state index contributed by atoms with van der Waals surface area (Å²) >= 11 is 6.12. The van der Waals surface area contributed by atoms with Crippen molar-refractivity contribution in [2.24, 2.45) is 0 Å². The number of hydrogen-bond acceptors (Lipinski definition) is 5. The van der Waals surface area contributed by atoms with Crippen LogP contribution in [0.4, 0.5) is 11.4 Å². The van der Waals surface area contributed by atoms with E-state index in [-0.39, 0.29) is 17.4 Å². The van der Waals surface area contributed by atoms with Crippen molar-refractivity contribution in [2.75, 3.05) is 18.0 Å². The van der Waals surface area contributed by atoms with Crippen LogP contribution in [0.1, 0.15) is 18.4 Å². The van der Waals surface area contributed by atoms with Gasteiger partial charge in [-0.25, -0.2) is 0 Å². The Bertz CT molecular complexity index is 827. The molecule has 6 nitrogen and oxygen atoms in total. The molecule has 3 rings (SSSR count). The minimum Gasteiger partial charge on any atom is -0.489 e. The normalized spacial score (nSPS) is 14.8. The standard InChI is InChI=1S/C18H16ClN3O3/c19-15-3-1-2-4-18(15)25-14-7-9-21(10-8-14)16-6-5-13(12-20)11-17(16)22(23)24/h1-6,11,14H,7-10H2. The molecule has 2 aromatic carbocycles. The number of piperidine rings is 1. The fourth-order valence-electron chi connectivity index (χ4n) is 2.94. The Morgan fingerprint density at radius 3 is 2.60 bits per heavy atom. The average Bonchev–Trinajstić information content (AvgIpc) is 2.64. The third kappa shape index (κ3) is 3.83. The van der Waals surface area contributed by atoms with E-state index >= 15 is 0 Å². The maximum absolute atomic E-state index is 11.3. The van der Waals surface area contributed by atoms with Gasteiger partial charge in [-0.1, -0.05) is 23.7 Å². The van der Waals surface area contributed by atoms with Gasteiger partial charge < -0.3 is 9.64 Å².